The summed E-state index contributed by atoms with van der Waals surface area (Å²) in [6.07, 6.45) is -0.639. The molecule has 0 aliphatic heterocycles. The predicted octanol–water partition coefficient (Wildman–Crippen LogP) is 1.89. The van der Waals surface area contributed by atoms with Crippen molar-refractivity contribution in [1.82, 2.24) is 5.16 Å². The quantitative estimate of drug-likeness (QED) is 0.762. The van der Waals surface area contributed by atoms with Gasteiger partial charge >= 0.3 is 6.09 Å². The molecule has 1 heterocycles. The largest absolute Gasteiger partial charge is 0.444 e. The van der Waals surface area contributed by atoms with Crippen LogP contribution in [0.25, 0.3) is 0 Å². The fraction of sp³-hybridized carbons (Fsp3) is 0.444. The number of carbonyl (C=O) groups excluding carboxylic acids is 1. The molecule has 0 saturated carbocycles. The highest BCUT2D eigenvalue weighted by atomic mass is 16.6. The SMILES string of the molecule is CC(C)(C)OC(=O)Nc1cc(C#N)on1. The number of nitrogens with one attached hydrogen (secondary N) is 1. The van der Waals surface area contributed by atoms with Gasteiger partial charge in [0.25, 0.3) is 0 Å². The van der Waals surface area contributed by atoms with Crippen LogP contribution >= 0.6 is 0 Å². The predicted molar refractivity (Wildman–Crippen MR) is 51.1 cm³/mol. The normalized spacial score (nSPS) is 10.5. The molecule has 6 nitrogen and oxygen atoms in total. The van der Waals surface area contributed by atoms with E-state index >= 15 is 0 Å². The minimum absolute atomic E-state index is 0.0288. The summed E-state index contributed by atoms with van der Waals surface area (Å²) in [6.45, 7) is 5.24. The number of nitriles is 1. The molecule has 0 radical (unpaired) electrons. The van der Waals surface area contributed by atoms with E-state index in [1.54, 1.807) is 26.8 Å². The summed E-state index contributed by atoms with van der Waals surface area (Å²) < 4.78 is 9.53. The van der Waals surface area contributed by atoms with Crippen LogP contribution in [0, 0.1) is 11.3 Å². The lowest BCUT2D eigenvalue weighted by Crippen LogP contribution is -2.27. The molecule has 15 heavy (non-hydrogen) atoms. The van der Waals surface area contributed by atoms with Crippen molar-refractivity contribution < 1.29 is 14.1 Å². The van der Waals surface area contributed by atoms with E-state index in [1.165, 1.54) is 6.07 Å². The smallest absolute Gasteiger partial charge is 0.413 e. The maximum atomic E-state index is 11.2. The summed E-state index contributed by atoms with van der Waals surface area (Å²) >= 11 is 0. The lowest BCUT2D eigenvalue weighted by molar-refractivity contribution is 0.0634. The molecule has 1 N–H and O–H groups in total. The summed E-state index contributed by atoms with van der Waals surface area (Å²) in [5.74, 6) is 0.182. The Balaban J connectivity index is 2.56. The maximum Gasteiger partial charge on any atom is 0.413 e. The number of nitrogens with zero attached hydrogens (tertiary/aromatic N) is 2. The van der Waals surface area contributed by atoms with Gasteiger partial charge < -0.3 is 9.26 Å². The van der Waals surface area contributed by atoms with Crippen LogP contribution in [0.4, 0.5) is 10.6 Å². The van der Waals surface area contributed by atoms with Gasteiger partial charge in [-0.05, 0) is 20.8 Å². The summed E-state index contributed by atoms with van der Waals surface area (Å²) in [4.78, 5) is 11.2. The molecule has 0 bridgehead atoms. The van der Waals surface area contributed by atoms with Gasteiger partial charge in [0.2, 0.25) is 5.76 Å². The first-order chi connectivity index (χ1) is 6.90. The average molecular weight is 209 g/mol. The van der Waals surface area contributed by atoms with E-state index in [0.29, 0.717) is 0 Å². The van der Waals surface area contributed by atoms with Crippen molar-refractivity contribution in [3.8, 4) is 6.07 Å². The lowest BCUT2D eigenvalue weighted by Gasteiger charge is -2.18. The molecule has 0 aliphatic rings. The molecule has 0 atom stereocenters. The zero-order valence-corrected chi connectivity index (χ0v) is 8.70. The summed E-state index contributed by atoms with van der Waals surface area (Å²) in [5, 5.41) is 14.2. The van der Waals surface area contributed by atoms with Gasteiger partial charge in [-0.25, -0.2) is 4.79 Å². The second-order valence-corrected chi connectivity index (χ2v) is 3.82. The van der Waals surface area contributed by atoms with Crippen LogP contribution in [0.1, 0.15) is 26.5 Å². The Morgan fingerprint density at radius 1 is 1.67 bits per heavy atom. The molecule has 1 amide bonds. The number of anilines is 1. The summed E-state index contributed by atoms with van der Waals surface area (Å²) in [5.41, 5.74) is -0.578. The van der Waals surface area contributed by atoms with Crippen molar-refractivity contribution in [3.63, 3.8) is 0 Å². The van der Waals surface area contributed by atoms with Crippen LogP contribution in [0.3, 0.4) is 0 Å². The Morgan fingerprint density at radius 2 is 2.33 bits per heavy atom. The van der Waals surface area contributed by atoms with E-state index in [4.69, 9.17) is 10.00 Å². The van der Waals surface area contributed by atoms with Crippen LogP contribution < -0.4 is 5.32 Å². The minimum Gasteiger partial charge on any atom is -0.444 e. The second kappa shape index (κ2) is 4.00. The van der Waals surface area contributed by atoms with E-state index in [0.717, 1.165) is 0 Å². The molecular weight excluding hydrogens is 198 g/mol. The van der Waals surface area contributed by atoms with Crippen LogP contribution in [0.15, 0.2) is 10.6 Å². The van der Waals surface area contributed by atoms with Gasteiger partial charge in [0, 0.05) is 6.07 Å². The van der Waals surface area contributed by atoms with Crippen molar-refractivity contribution in [2.75, 3.05) is 5.32 Å². The second-order valence-electron chi connectivity index (χ2n) is 3.82. The molecule has 0 aromatic carbocycles. The van der Waals surface area contributed by atoms with Crippen LogP contribution in [0.5, 0.6) is 0 Å². The van der Waals surface area contributed by atoms with Gasteiger partial charge in [0.1, 0.15) is 11.7 Å². The van der Waals surface area contributed by atoms with E-state index in [2.05, 4.69) is 15.0 Å². The first kappa shape index (κ1) is 11.0. The molecule has 0 saturated heterocycles. The van der Waals surface area contributed by atoms with Gasteiger partial charge in [-0.3, -0.25) is 5.32 Å². The molecule has 1 aromatic heterocycles. The number of amides is 1. The molecular formula is C9H11N3O3. The number of hydrogen-bond donors (Lipinski definition) is 1. The van der Waals surface area contributed by atoms with Crippen molar-refractivity contribution in [3.05, 3.63) is 11.8 Å². The summed E-state index contributed by atoms with van der Waals surface area (Å²) in [6, 6.07) is 3.06. The molecule has 0 unspecified atom stereocenters. The van der Waals surface area contributed by atoms with Gasteiger partial charge in [-0.15, -0.1) is 0 Å². The van der Waals surface area contributed by atoms with Gasteiger partial charge in [0.05, 0.1) is 0 Å². The zero-order chi connectivity index (χ0) is 11.5. The number of carbonyl (C=O) groups is 1. The van der Waals surface area contributed by atoms with Gasteiger partial charge in [-0.1, -0.05) is 5.16 Å². The van der Waals surface area contributed by atoms with Gasteiger partial charge in [-0.2, -0.15) is 5.26 Å². The van der Waals surface area contributed by atoms with Crippen molar-refractivity contribution in [2.45, 2.75) is 26.4 Å². The molecule has 80 valence electrons. The Hall–Kier alpha value is -2.03. The summed E-state index contributed by atoms with van der Waals surface area (Å²) in [7, 11) is 0. The molecule has 0 fully saturated rings. The van der Waals surface area contributed by atoms with Crippen molar-refractivity contribution in [1.29, 1.82) is 5.26 Å². The number of hydrogen-bond acceptors (Lipinski definition) is 5. The Labute approximate surface area is 86.8 Å². The lowest BCUT2D eigenvalue weighted by atomic mass is 10.2. The van der Waals surface area contributed by atoms with E-state index in [-0.39, 0.29) is 11.6 Å². The van der Waals surface area contributed by atoms with E-state index in [9.17, 15) is 4.79 Å². The topological polar surface area (TPSA) is 88.1 Å². The van der Waals surface area contributed by atoms with Crippen LogP contribution in [-0.2, 0) is 4.74 Å². The van der Waals surface area contributed by atoms with E-state index in [1.807, 2.05) is 0 Å². The monoisotopic (exact) mass is 209 g/mol. The Bertz CT molecular complexity index is 397. The third-order valence-electron chi connectivity index (χ3n) is 1.25. The molecule has 0 spiro atoms. The van der Waals surface area contributed by atoms with E-state index < -0.39 is 11.7 Å². The Morgan fingerprint density at radius 3 is 2.80 bits per heavy atom. The first-order valence-corrected chi connectivity index (χ1v) is 4.27. The minimum atomic E-state index is -0.639. The highest BCUT2D eigenvalue weighted by molar-refractivity contribution is 5.83. The van der Waals surface area contributed by atoms with Crippen LogP contribution in [0.2, 0.25) is 0 Å². The molecule has 1 aromatic rings. The van der Waals surface area contributed by atoms with Gasteiger partial charge in [0.15, 0.2) is 5.82 Å². The maximum absolute atomic E-state index is 11.2. The molecule has 0 aliphatic carbocycles. The van der Waals surface area contributed by atoms with Crippen LogP contribution in [-0.4, -0.2) is 16.9 Å². The third-order valence-corrected chi connectivity index (χ3v) is 1.25. The molecule has 6 heteroatoms. The fourth-order valence-corrected chi connectivity index (χ4v) is 0.795. The number of rotatable bonds is 1. The molecule has 1 rings (SSSR count). The fourth-order valence-electron chi connectivity index (χ4n) is 0.795. The highest BCUT2D eigenvalue weighted by Crippen LogP contribution is 2.11. The Kier molecular flexibility index (Phi) is 2.95. The highest BCUT2D eigenvalue weighted by Gasteiger charge is 2.17. The van der Waals surface area contributed by atoms with Crippen molar-refractivity contribution in [2.24, 2.45) is 0 Å². The first-order valence-electron chi connectivity index (χ1n) is 4.27. The number of ether oxygens (including phenoxy) is 1. The van der Waals surface area contributed by atoms with Crippen molar-refractivity contribution >= 4 is 11.9 Å². The third kappa shape index (κ3) is 3.68. The average Bonchev–Trinajstić information content (AvgIpc) is 2.48. The number of aromatic nitrogens is 1. The zero-order valence-electron chi connectivity index (χ0n) is 8.70. The standard InChI is InChI=1S/C9H11N3O3/c1-9(2,3)14-8(13)11-7-4-6(5-10)15-12-7/h4H,1-3H3,(H,11,12,13).